The Balaban J connectivity index is 2.10. The zero-order valence-electron chi connectivity index (χ0n) is 11.9. The van der Waals surface area contributed by atoms with Gasteiger partial charge in [-0.15, -0.1) is 0 Å². The molecule has 6 nitrogen and oxygen atoms in total. The molecule has 3 N–H and O–H groups in total. The van der Waals surface area contributed by atoms with Crippen molar-refractivity contribution in [1.29, 1.82) is 0 Å². The fourth-order valence-corrected chi connectivity index (χ4v) is 5.07. The monoisotopic (exact) mass is 304 g/mol. The van der Waals surface area contributed by atoms with Gasteiger partial charge in [0.05, 0.1) is 18.3 Å². The first-order chi connectivity index (χ1) is 9.49. The van der Waals surface area contributed by atoms with Crippen LogP contribution in [0.5, 0.6) is 0 Å². The first kappa shape index (κ1) is 15.7. The molecule has 0 aromatic heterocycles. The van der Waals surface area contributed by atoms with Crippen molar-refractivity contribution in [1.82, 2.24) is 4.72 Å². The van der Waals surface area contributed by atoms with E-state index in [0.717, 1.165) is 25.7 Å². The number of hydrogen-bond acceptors (Lipinski definition) is 5. The van der Waals surface area contributed by atoms with Crippen LogP contribution in [0.15, 0.2) is 0 Å². The maximum Gasteiger partial charge on any atom is 0.310 e. The molecule has 3 unspecified atom stereocenters. The molecular formula is C13H24N2O4S. The Morgan fingerprint density at radius 3 is 2.50 bits per heavy atom. The molecule has 2 saturated carbocycles. The van der Waals surface area contributed by atoms with Crippen molar-refractivity contribution < 1.29 is 17.9 Å². The van der Waals surface area contributed by atoms with Gasteiger partial charge in [-0.05, 0) is 31.6 Å². The Kier molecular flexibility index (Phi) is 5.04. The van der Waals surface area contributed by atoms with Gasteiger partial charge in [-0.1, -0.05) is 12.8 Å². The lowest BCUT2D eigenvalue weighted by Gasteiger charge is -2.30. The normalized spacial score (nSPS) is 28.9. The number of rotatable bonds is 6. The zero-order chi connectivity index (χ0) is 14.8. The van der Waals surface area contributed by atoms with Gasteiger partial charge in [0.2, 0.25) is 10.0 Å². The molecule has 2 rings (SSSR count). The number of nitrogens with two attached hydrogens (primary N) is 1. The first-order valence-corrected chi connectivity index (χ1v) is 8.83. The molecular weight excluding hydrogens is 280 g/mol. The summed E-state index contributed by atoms with van der Waals surface area (Å²) in [6.45, 7) is 0.305. The zero-order valence-corrected chi connectivity index (χ0v) is 12.7. The van der Waals surface area contributed by atoms with Gasteiger partial charge in [0, 0.05) is 12.6 Å². The summed E-state index contributed by atoms with van der Waals surface area (Å²) in [5.74, 6) is -0.616. The van der Waals surface area contributed by atoms with Gasteiger partial charge in [-0.3, -0.25) is 4.79 Å². The van der Waals surface area contributed by atoms with Crippen LogP contribution >= 0.6 is 0 Å². The molecule has 116 valence electrons. The van der Waals surface area contributed by atoms with E-state index in [9.17, 15) is 13.2 Å². The number of esters is 1. The SMILES string of the molecule is COC(=O)C1CCCCC1S(=O)(=O)NC(CN)C1CC1. The van der Waals surface area contributed by atoms with Crippen molar-refractivity contribution in [3.8, 4) is 0 Å². The molecule has 0 aromatic rings. The maximum absolute atomic E-state index is 12.5. The van der Waals surface area contributed by atoms with E-state index in [1.165, 1.54) is 7.11 Å². The lowest BCUT2D eigenvalue weighted by atomic mass is 9.89. The quantitative estimate of drug-likeness (QED) is 0.691. The smallest absolute Gasteiger partial charge is 0.310 e. The van der Waals surface area contributed by atoms with Gasteiger partial charge >= 0.3 is 5.97 Å². The van der Waals surface area contributed by atoms with Crippen molar-refractivity contribution in [3.05, 3.63) is 0 Å². The summed E-state index contributed by atoms with van der Waals surface area (Å²) in [5, 5.41) is -0.684. The predicted octanol–water partition coefficient (Wildman–Crippen LogP) is 0.375. The average molecular weight is 304 g/mol. The van der Waals surface area contributed by atoms with E-state index >= 15 is 0 Å². The predicted molar refractivity (Wildman–Crippen MR) is 75.4 cm³/mol. The second kappa shape index (κ2) is 6.41. The lowest BCUT2D eigenvalue weighted by Crippen LogP contribution is -2.49. The summed E-state index contributed by atoms with van der Waals surface area (Å²) in [4.78, 5) is 11.8. The van der Waals surface area contributed by atoms with Crippen LogP contribution in [-0.4, -0.2) is 39.3 Å². The molecule has 0 aliphatic heterocycles. The molecule has 2 aliphatic carbocycles. The van der Waals surface area contributed by atoms with Crippen molar-refractivity contribution >= 4 is 16.0 Å². The summed E-state index contributed by atoms with van der Waals surface area (Å²) in [5.41, 5.74) is 5.65. The van der Waals surface area contributed by atoms with E-state index in [-0.39, 0.29) is 6.04 Å². The summed E-state index contributed by atoms with van der Waals surface area (Å²) in [7, 11) is -2.23. The fourth-order valence-electron chi connectivity index (χ4n) is 3.02. The van der Waals surface area contributed by atoms with Crippen molar-refractivity contribution in [2.45, 2.75) is 49.8 Å². The first-order valence-electron chi connectivity index (χ1n) is 7.28. The third kappa shape index (κ3) is 3.51. The third-order valence-corrected chi connectivity index (χ3v) is 6.36. The van der Waals surface area contributed by atoms with Crippen LogP contribution in [0, 0.1) is 11.8 Å². The Bertz CT molecular complexity index is 447. The minimum Gasteiger partial charge on any atom is -0.469 e. The number of sulfonamides is 1. The highest BCUT2D eigenvalue weighted by Crippen LogP contribution is 2.34. The minimum atomic E-state index is -3.53. The number of carbonyl (C=O) groups excluding carboxylic acids is 1. The molecule has 2 aliphatic rings. The molecule has 0 heterocycles. The van der Waals surface area contributed by atoms with Gasteiger partial charge in [-0.25, -0.2) is 13.1 Å². The van der Waals surface area contributed by atoms with Crippen LogP contribution in [-0.2, 0) is 19.6 Å². The van der Waals surface area contributed by atoms with Crippen LogP contribution in [0.3, 0.4) is 0 Å². The van der Waals surface area contributed by atoms with Crippen LogP contribution in [0.4, 0.5) is 0 Å². The highest BCUT2D eigenvalue weighted by Gasteiger charge is 2.42. The summed E-state index contributed by atoms with van der Waals surface area (Å²) < 4.78 is 32.6. The summed E-state index contributed by atoms with van der Waals surface area (Å²) >= 11 is 0. The summed E-state index contributed by atoms with van der Waals surface area (Å²) in [6.07, 6.45) is 4.83. The van der Waals surface area contributed by atoms with Crippen molar-refractivity contribution in [2.75, 3.05) is 13.7 Å². The number of methoxy groups -OCH3 is 1. The molecule has 2 fully saturated rings. The Morgan fingerprint density at radius 1 is 1.30 bits per heavy atom. The Hall–Kier alpha value is -0.660. The topological polar surface area (TPSA) is 98.5 Å². The average Bonchev–Trinajstić information content (AvgIpc) is 3.28. The van der Waals surface area contributed by atoms with Gasteiger partial charge in [0.15, 0.2) is 0 Å². The molecule has 0 amide bonds. The largest absolute Gasteiger partial charge is 0.469 e. The molecule has 0 spiro atoms. The Morgan fingerprint density at radius 2 is 1.95 bits per heavy atom. The van der Waals surface area contributed by atoms with Crippen LogP contribution in [0.1, 0.15) is 38.5 Å². The minimum absolute atomic E-state index is 0.194. The number of hydrogen-bond donors (Lipinski definition) is 2. The molecule has 0 aromatic carbocycles. The van der Waals surface area contributed by atoms with Crippen LogP contribution in [0.2, 0.25) is 0 Å². The number of nitrogens with one attached hydrogen (secondary N) is 1. The van der Waals surface area contributed by atoms with Crippen LogP contribution in [0.25, 0.3) is 0 Å². The highest BCUT2D eigenvalue weighted by atomic mass is 32.2. The van der Waals surface area contributed by atoms with E-state index in [0.29, 0.717) is 25.3 Å². The van der Waals surface area contributed by atoms with Crippen molar-refractivity contribution in [3.63, 3.8) is 0 Å². The molecule has 3 atom stereocenters. The second-order valence-electron chi connectivity index (χ2n) is 5.80. The van der Waals surface area contributed by atoms with E-state index in [1.807, 2.05) is 0 Å². The molecule has 0 bridgehead atoms. The Labute approximate surface area is 120 Å². The van der Waals surface area contributed by atoms with E-state index in [4.69, 9.17) is 10.5 Å². The van der Waals surface area contributed by atoms with Gasteiger partial charge in [-0.2, -0.15) is 0 Å². The van der Waals surface area contributed by atoms with E-state index < -0.39 is 27.2 Å². The third-order valence-electron chi connectivity index (χ3n) is 4.37. The summed E-state index contributed by atoms with van der Waals surface area (Å²) in [6, 6.07) is -0.194. The maximum atomic E-state index is 12.5. The standard InChI is InChI=1S/C13H24N2O4S/c1-19-13(16)10-4-2-3-5-12(10)20(17,18)15-11(8-14)9-6-7-9/h9-12,15H,2-8,14H2,1H3. The molecule has 0 radical (unpaired) electrons. The molecule has 0 saturated heterocycles. The van der Waals surface area contributed by atoms with Gasteiger partial charge < -0.3 is 10.5 Å². The van der Waals surface area contributed by atoms with E-state index in [2.05, 4.69) is 4.72 Å². The lowest BCUT2D eigenvalue weighted by molar-refractivity contribution is -0.146. The molecule has 7 heteroatoms. The van der Waals surface area contributed by atoms with Crippen molar-refractivity contribution in [2.24, 2.45) is 17.6 Å². The number of ether oxygens (including phenoxy) is 1. The number of carbonyl (C=O) groups is 1. The molecule has 20 heavy (non-hydrogen) atoms. The van der Waals surface area contributed by atoms with Crippen LogP contribution < -0.4 is 10.5 Å². The van der Waals surface area contributed by atoms with Gasteiger partial charge in [0.1, 0.15) is 0 Å². The highest BCUT2D eigenvalue weighted by molar-refractivity contribution is 7.90. The second-order valence-corrected chi connectivity index (χ2v) is 7.73. The van der Waals surface area contributed by atoms with E-state index in [1.54, 1.807) is 0 Å². The van der Waals surface area contributed by atoms with Gasteiger partial charge in [0.25, 0.3) is 0 Å². The fraction of sp³-hybridized carbons (Fsp3) is 0.923.